The highest BCUT2D eigenvalue weighted by atomic mass is 32.2. The molecule has 0 atom stereocenters. The third-order valence-electron chi connectivity index (χ3n) is 3.48. The lowest BCUT2D eigenvalue weighted by molar-refractivity contribution is 0.281. The van der Waals surface area contributed by atoms with Crippen molar-refractivity contribution in [3.8, 4) is 0 Å². The van der Waals surface area contributed by atoms with Crippen molar-refractivity contribution in [1.29, 1.82) is 0 Å². The Morgan fingerprint density at radius 2 is 1.75 bits per heavy atom. The molecule has 0 aliphatic carbocycles. The first-order chi connectivity index (χ1) is 11.7. The van der Waals surface area contributed by atoms with Crippen molar-refractivity contribution in [1.82, 2.24) is 9.55 Å². The van der Waals surface area contributed by atoms with E-state index in [4.69, 9.17) is 0 Å². The maximum absolute atomic E-state index is 12.1. The fourth-order valence-corrected chi connectivity index (χ4v) is 3.19. The molecule has 0 amide bonds. The molecule has 2 N–H and O–H groups in total. The normalized spacial score (nSPS) is 10.7. The highest BCUT2D eigenvalue weighted by molar-refractivity contribution is 7.99. The second-order valence-corrected chi connectivity index (χ2v) is 6.39. The summed E-state index contributed by atoms with van der Waals surface area (Å²) in [5.41, 5.74) is 0.816. The Balaban J connectivity index is 1.92. The molecule has 1 aromatic heterocycles. The Labute approximate surface area is 142 Å². The molecule has 3 aromatic rings. The molecule has 3 rings (SSSR count). The zero-order valence-electron chi connectivity index (χ0n) is 12.8. The maximum atomic E-state index is 12.1. The number of aromatic nitrogens is 2. The van der Waals surface area contributed by atoms with Crippen LogP contribution < -0.4 is 11.2 Å². The summed E-state index contributed by atoms with van der Waals surface area (Å²) < 4.78 is 1.46. The molecule has 0 saturated heterocycles. The first-order valence-electron chi connectivity index (χ1n) is 7.41. The molecule has 0 aliphatic heterocycles. The predicted octanol–water partition coefficient (Wildman–Crippen LogP) is 2.23. The van der Waals surface area contributed by atoms with Gasteiger partial charge in [-0.25, -0.2) is 4.79 Å². The molecule has 0 aliphatic rings. The largest absolute Gasteiger partial charge is 0.392 e. The van der Waals surface area contributed by atoms with E-state index in [1.807, 2.05) is 54.6 Å². The lowest BCUT2D eigenvalue weighted by atomic mass is 10.1. The van der Waals surface area contributed by atoms with Crippen molar-refractivity contribution in [2.24, 2.45) is 0 Å². The van der Waals surface area contributed by atoms with Crippen LogP contribution in [0.25, 0.3) is 0 Å². The van der Waals surface area contributed by atoms with Crippen LogP contribution >= 0.6 is 11.8 Å². The molecule has 0 bridgehead atoms. The minimum Gasteiger partial charge on any atom is -0.392 e. The minimum absolute atomic E-state index is 0.0521. The van der Waals surface area contributed by atoms with E-state index in [0.717, 1.165) is 16.0 Å². The van der Waals surface area contributed by atoms with Crippen LogP contribution in [0, 0.1) is 0 Å². The van der Waals surface area contributed by atoms with Gasteiger partial charge in [-0.2, -0.15) is 0 Å². The van der Waals surface area contributed by atoms with Gasteiger partial charge in [0.2, 0.25) is 0 Å². The summed E-state index contributed by atoms with van der Waals surface area (Å²) in [4.78, 5) is 27.8. The molecule has 0 radical (unpaired) electrons. The smallest absolute Gasteiger partial charge is 0.328 e. The molecule has 24 heavy (non-hydrogen) atoms. The first kappa shape index (κ1) is 16.3. The number of aliphatic hydroxyl groups is 1. The van der Waals surface area contributed by atoms with Gasteiger partial charge in [-0.3, -0.25) is 14.3 Å². The number of rotatable bonds is 5. The first-order valence-corrected chi connectivity index (χ1v) is 8.23. The average Bonchev–Trinajstić information content (AvgIpc) is 2.60. The number of hydrogen-bond donors (Lipinski definition) is 2. The fourth-order valence-electron chi connectivity index (χ4n) is 2.32. The summed E-state index contributed by atoms with van der Waals surface area (Å²) in [5.74, 6) is 0. The van der Waals surface area contributed by atoms with Gasteiger partial charge in [0.25, 0.3) is 5.56 Å². The van der Waals surface area contributed by atoms with Gasteiger partial charge in [-0.05, 0) is 23.3 Å². The summed E-state index contributed by atoms with van der Waals surface area (Å²) in [6, 6.07) is 16.9. The van der Waals surface area contributed by atoms with Gasteiger partial charge >= 0.3 is 5.69 Å². The van der Waals surface area contributed by atoms with E-state index in [1.165, 1.54) is 16.3 Å². The molecule has 122 valence electrons. The quantitative estimate of drug-likeness (QED) is 0.747. The fraction of sp³-hybridized carbons (Fsp3) is 0.111. The number of H-pyrrole nitrogens is 1. The maximum Gasteiger partial charge on any atom is 0.328 e. The number of benzene rings is 2. The number of aliphatic hydroxyl groups excluding tert-OH is 1. The summed E-state index contributed by atoms with van der Waals surface area (Å²) in [7, 11) is 0. The summed E-state index contributed by atoms with van der Waals surface area (Å²) >= 11 is 1.31. The van der Waals surface area contributed by atoms with Crippen molar-refractivity contribution >= 4 is 11.8 Å². The molecule has 0 saturated carbocycles. The number of nitrogens with one attached hydrogen (secondary N) is 1. The van der Waals surface area contributed by atoms with E-state index in [1.54, 1.807) is 6.20 Å². The number of nitrogens with zero attached hydrogens (tertiary/aromatic N) is 1. The van der Waals surface area contributed by atoms with Gasteiger partial charge < -0.3 is 5.11 Å². The molecule has 2 aromatic carbocycles. The molecule has 1 heterocycles. The topological polar surface area (TPSA) is 75.1 Å². The van der Waals surface area contributed by atoms with Crippen LogP contribution in [0.4, 0.5) is 0 Å². The van der Waals surface area contributed by atoms with Gasteiger partial charge in [0.1, 0.15) is 0 Å². The van der Waals surface area contributed by atoms with Crippen LogP contribution in [0.5, 0.6) is 0 Å². The van der Waals surface area contributed by atoms with Crippen molar-refractivity contribution in [2.45, 2.75) is 22.9 Å². The van der Waals surface area contributed by atoms with E-state index in [2.05, 4.69) is 4.98 Å². The van der Waals surface area contributed by atoms with Crippen LogP contribution in [0.15, 0.2) is 80.2 Å². The van der Waals surface area contributed by atoms with Crippen LogP contribution in [-0.2, 0) is 13.2 Å². The lowest BCUT2D eigenvalue weighted by Gasteiger charge is -2.08. The van der Waals surface area contributed by atoms with Gasteiger partial charge in [-0.1, -0.05) is 54.2 Å². The van der Waals surface area contributed by atoms with Crippen molar-refractivity contribution in [3.05, 3.63) is 92.8 Å². The van der Waals surface area contributed by atoms with E-state index >= 15 is 0 Å². The third-order valence-corrected chi connectivity index (χ3v) is 4.49. The van der Waals surface area contributed by atoms with Crippen molar-refractivity contribution in [2.75, 3.05) is 0 Å². The van der Waals surface area contributed by atoms with E-state index < -0.39 is 11.2 Å². The number of hydrogen-bond acceptors (Lipinski definition) is 4. The Kier molecular flexibility index (Phi) is 4.98. The minimum atomic E-state index is -0.452. The zero-order chi connectivity index (χ0) is 16.9. The average molecular weight is 340 g/mol. The van der Waals surface area contributed by atoms with Crippen LogP contribution in [-0.4, -0.2) is 14.7 Å². The molecule has 0 fully saturated rings. The predicted molar refractivity (Wildman–Crippen MR) is 93.4 cm³/mol. The van der Waals surface area contributed by atoms with Crippen LogP contribution in [0.1, 0.15) is 11.1 Å². The Morgan fingerprint density at radius 1 is 1.00 bits per heavy atom. The Hall–Kier alpha value is -2.57. The standard InChI is InChI=1S/C18H16N2O3S/c21-12-14-6-4-5-13(9-14)10-20-11-16(17(22)19-18(20)23)24-15-7-2-1-3-8-15/h1-9,11,21H,10,12H2,(H,19,22,23). The zero-order valence-corrected chi connectivity index (χ0v) is 13.6. The van der Waals surface area contributed by atoms with E-state index in [9.17, 15) is 14.7 Å². The SMILES string of the molecule is O=c1[nH]c(=O)n(Cc2cccc(CO)c2)cc1Sc1ccccc1. The second-order valence-electron chi connectivity index (χ2n) is 5.27. The van der Waals surface area contributed by atoms with Gasteiger partial charge in [0.15, 0.2) is 0 Å². The summed E-state index contributed by atoms with van der Waals surface area (Å²) in [5, 5.41) is 9.21. The Bertz CT molecular complexity index is 948. The van der Waals surface area contributed by atoms with Gasteiger partial charge in [-0.15, -0.1) is 0 Å². The van der Waals surface area contributed by atoms with E-state index in [0.29, 0.717) is 11.4 Å². The molecule has 0 spiro atoms. The van der Waals surface area contributed by atoms with Crippen molar-refractivity contribution in [3.63, 3.8) is 0 Å². The highest BCUT2D eigenvalue weighted by Gasteiger charge is 2.07. The third kappa shape index (κ3) is 3.84. The molecular formula is C18H16N2O3S. The molecule has 6 heteroatoms. The van der Waals surface area contributed by atoms with E-state index in [-0.39, 0.29) is 6.61 Å². The summed E-state index contributed by atoms with van der Waals surface area (Å²) in [6.45, 7) is 0.273. The van der Waals surface area contributed by atoms with Crippen molar-refractivity contribution < 1.29 is 5.11 Å². The molecule has 0 unspecified atom stereocenters. The van der Waals surface area contributed by atoms with Gasteiger partial charge in [0, 0.05) is 11.1 Å². The lowest BCUT2D eigenvalue weighted by Crippen LogP contribution is -2.30. The second kappa shape index (κ2) is 7.33. The molecule has 5 nitrogen and oxygen atoms in total. The monoisotopic (exact) mass is 340 g/mol. The van der Waals surface area contributed by atoms with Crippen LogP contribution in [0.3, 0.4) is 0 Å². The van der Waals surface area contributed by atoms with Crippen LogP contribution in [0.2, 0.25) is 0 Å². The highest BCUT2D eigenvalue weighted by Crippen LogP contribution is 2.23. The Morgan fingerprint density at radius 3 is 2.50 bits per heavy atom. The molecular weight excluding hydrogens is 324 g/mol. The summed E-state index contributed by atoms with van der Waals surface area (Å²) in [6.07, 6.45) is 1.57. The van der Waals surface area contributed by atoms with Gasteiger partial charge in [0.05, 0.1) is 18.0 Å². The number of aromatic amines is 1.